The maximum absolute atomic E-state index is 16.4. The van der Waals surface area contributed by atoms with E-state index < -0.39 is 16.2 Å². The first-order valence-electron chi connectivity index (χ1n) is 20.7. The monoisotopic (exact) mass is 989 g/mol. The molecule has 0 unspecified atom stereocenters. The Morgan fingerprint density at radius 3 is 0.710 bits per heavy atom. The van der Waals surface area contributed by atoms with Gasteiger partial charge in [-0.1, -0.05) is 224 Å². The molecule has 0 bridgehead atoms. The number of carbonyl (C=O) groups is 2. The number of hydrogen-bond acceptors (Lipinski definition) is 6. The van der Waals surface area contributed by atoms with Gasteiger partial charge in [0.25, 0.3) is 0 Å². The summed E-state index contributed by atoms with van der Waals surface area (Å²) in [4.78, 5) is 55.2. The average Bonchev–Trinajstić information content (AvgIpc) is 3.30. The largest absolute Gasteiger partial charge is 3.00 e. The number of Topliss-reactive ketones (excluding diaryl/α,β-unsaturated/α-hetero) is 2. The molecule has 0 spiro atoms. The van der Waals surface area contributed by atoms with E-state index >= 15 is 9.59 Å². The Hall–Kier alpha value is -6.53. The van der Waals surface area contributed by atoms with E-state index in [9.17, 15) is 0 Å². The second-order valence-electron chi connectivity index (χ2n) is 17.3. The summed E-state index contributed by atoms with van der Waals surface area (Å²) < 4.78 is 0. The van der Waals surface area contributed by atoms with Gasteiger partial charge in [0.1, 0.15) is 0 Å². The second kappa shape index (κ2) is 17.8. The molecule has 0 radical (unpaired) electrons. The molecule has 2 aromatic heterocycles. The second-order valence-corrected chi connectivity index (χ2v) is 17.3. The summed E-state index contributed by atoms with van der Waals surface area (Å²) in [6, 6.07) is 59.0. The van der Waals surface area contributed by atoms with Crippen LogP contribution in [0.1, 0.15) is 52.9 Å². The Bertz CT molecular complexity index is 2620. The van der Waals surface area contributed by atoms with Crippen LogP contribution in [-0.4, -0.2) is 31.5 Å². The number of nitrogens with zero attached hydrogens (tertiary/aromatic N) is 4. The molecule has 0 N–H and O–H groups in total. The summed E-state index contributed by atoms with van der Waals surface area (Å²) in [6.45, 7) is 11.2. The van der Waals surface area contributed by atoms with E-state index in [-0.39, 0.29) is 43.1 Å². The molecule has 0 atom stereocenters. The molecular weight excluding hydrogens is 941 g/mol. The molecule has 2 heterocycles. The molecule has 6 aromatic carbocycles. The zero-order chi connectivity index (χ0) is 42.8. The van der Waals surface area contributed by atoms with Gasteiger partial charge in [-0.05, 0) is 0 Å². The molecule has 0 aliphatic rings. The van der Waals surface area contributed by atoms with E-state index in [1.54, 1.807) is 0 Å². The summed E-state index contributed by atoms with van der Waals surface area (Å²) >= 11 is 0. The van der Waals surface area contributed by atoms with Crippen LogP contribution in [0.4, 0.5) is 0 Å². The average molecular weight is 989 g/mol. The summed E-state index contributed by atoms with van der Waals surface area (Å²) in [5, 5.41) is 0. The van der Waals surface area contributed by atoms with Crippen molar-refractivity contribution in [1.29, 1.82) is 0 Å². The van der Waals surface area contributed by atoms with Crippen molar-refractivity contribution in [2.24, 2.45) is 10.8 Å². The predicted molar refractivity (Wildman–Crippen MR) is 246 cm³/mol. The van der Waals surface area contributed by atoms with Gasteiger partial charge in [0.15, 0.2) is 17.0 Å². The van der Waals surface area contributed by atoms with Gasteiger partial charge in [-0.3, -0.25) is 9.59 Å². The normalized spacial score (nSPS) is 11.7. The number of ketones is 2. The van der Waals surface area contributed by atoms with Gasteiger partial charge in [0, 0.05) is 44.2 Å². The number of rotatable bonds is 10. The molecule has 0 saturated carbocycles. The van der Waals surface area contributed by atoms with Gasteiger partial charge < -0.3 is 0 Å². The van der Waals surface area contributed by atoms with Crippen molar-refractivity contribution in [3.63, 3.8) is 0 Å². The molecular formula is C55H48IrN4O2+3. The number of hydrogen-bond donors (Lipinski definition) is 0. The van der Waals surface area contributed by atoms with E-state index in [4.69, 9.17) is 19.9 Å². The van der Waals surface area contributed by atoms with E-state index in [0.717, 1.165) is 22.3 Å². The Kier molecular flexibility index (Phi) is 12.5. The summed E-state index contributed by atoms with van der Waals surface area (Å²) in [6.07, 6.45) is 0. The molecule has 8 rings (SSSR count). The van der Waals surface area contributed by atoms with Crippen molar-refractivity contribution in [1.82, 2.24) is 19.9 Å². The van der Waals surface area contributed by atoms with E-state index in [1.165, 1.54) is 0 Å². The van der Waals surface area contributed by atoms with Crippen molar-refractivity contribution in [2.45, 2.75) is 47.0 Å². The predicted octanol–water partition coefficient (Wildman–Crippen LogP) is 12.8. The maximum atomic E-state index is 16.4. The topological polar surface area (TPSA) is 85.7 Å². The minimum atomic E-state index is -2.15. The number of carbonyl (C=O) groups excluding carboxylic acids is 2. The molecule has 0 amide bonds. The smallest absolute Gasteiger partial charge is 0.297 e. The van der Waals surface area contributed by atoms with Crippen LogP contribution < -0.4 is 0 Å². The number of benzene rings is 6. The van der Waals surface area contributed by atoms with Crippen LogP contribution in [0.2, 0.25) is 0 Å². The summed E-state index contributed by atoms with van der Waals surface area (Å²) in [5.74, 6) is -0.730. The van der Waals surface area contributed by atoms with Crippen LogP contribution in [-0.2, 0) is 35.1 Å². The minimum Gasteiger partial charge on any atom is -0.297 e. The van der Waals surface area contributed by atoms with E-state index in [0.29, 0.717) is 45.3 Å². The van der Waals surface area contributed by atoms with E-state index in [2.05, 4.69) is 0 Å². The fraction of sp³-hybridized carbons (Fsp3) is 0.164. The molecule has 8 aromatic rings. The Morgan fingerprint density at radius 1 is 0.306 bits per heavy atom. The third-order valence-corrected chi connectivity index (χ3v) is 10.8. The number of aromatic nitrogens is 4. The van der Waals surface area contributed by atoms with Crippen molar-refractivity contribution >= 4 is 11.6 Å². The van der Waals surface area contributed by atoms with Crippen molar-refractivity contribution < 1.29 is 29.7 Å². The third-order valence-electron chi connectivity index (χ3n) is 10.8. The standard InChI is InChI=1S/C55H48N4O2.Ir/c1-53(2,3)51(60)55(52(61)54(4,5)6,49-47(41-33-21-11-22-34-41)56-43(37-25-13-7-14-26-37)45(58-49)39-29-17-9-18-30-39)50-48(42-35-23-12-24-36-42)57-44(38-27-15-8-16-28-38)46(59-50)40-31-19-10-20-32-40;/h7-36H,1-6H3;/q;+3. The summed E-state index contributed by atoms with van der Waals surface area (Å²) in [7, 11) is 0. The van der Waals surface area contributed by atoms with Gasteiger partial charge in [0.2, 0.25) is 0 Å². The van der Waals surface area contributed by atoms with Gasteiger partial charge >= 0.3 is 20.1 Å². The van der Waals surface area contributed by atoms with Crippen LogP contribution in [0.3, 0.4) is 0 Å². The fourth-order valence-electron chi connectivity index (χ4n) is 7.95. The van der Waals surface area contributed by atoms with Crippen molar-refractivity contribution in [3.05, 3.63) is 193 Å². The van der Waals surface area contributed by atoms with Gasteiger partial charge in [0.05, 0.1) is 45.6 Å². The maximum Gasteiger partial charge on any atom is 3.00 e. The molecule has 7 heteroatoms. The van der Waals surface area contributed by atoms with Crippen molar-refractivity contribution in [3.8, 4) is 67.5 Å². The molecule has 6 nitrogen and oxygen atoms in total. The van der Waals surface area contributed by atoms with Crippen LogP contribution in [0, 0.1) is 10.8 Å². The van der Waals surface area contributed by atoms with Crippen molar-refractivity contribution in [2.75, 3.05) is 0 Å². The Morgan fingerprint density at radius 2 is 0.500 bits per heavy atom. The fourth-order valence-corrected chi connectivity index (χ4v) is 7.95. The first-order chi connectivity index (χ1) is 29.4. The first-order valence-corrected chi connectivity index (χ1v) is 20.7. The molecule has 0 saturated heterocycles. The van der Waals surface area contributed by atoms with Crippen LogP contribution in [0.15, 0.2) is 182 Å². The SMILES string of the molecule is CC(C)(C)C(=O)C(C(=O)C(C)(C)C)(c1nc(-c2ccccc2)c(-c2ccccc2)nc1-c1ccccc1)c1nc(-c2ccccc2)c(-c2ccccc2)nc1-c1ccccc1.[Ir+3]. The van der Waals surface area contributed by atoms with Gasteiger partial charge in [-0.15, -0.1) is 0 Å². The van der Waals surface area contributed by atoms with Gasteiger partial charge in [-0.25, -0.2) is 19.9 Å². The molecule has 62 heavy (non-hydrogen) atoms. The van der Waals surface area contributed by atoms with Crippen LogP contribution in [0.5, 0.6) is 0 Å². The van der Waals surface area contributed by atoms with Gasteiger partial charge in [-0.2, -0.15) is 0 Å². The Labute approximate surface area is 378 Å². The molecule has 0 fully saturated rings. The zero-order valence-electron chi connectivity index (χ0n) is 35.8. The van der Waals surface area contributed by atoms with Crippen LogP contribution >= 0.6 is 0 Å². The van der Waals surface area contributed by atoms with E-state index in [1.807, 2.05) is 224 Å². The first kappa shape index (κ1) is 43.6. The minimum absolute atomic E-state index is 0. The van der Waals surface area contributed by atoms with Crippen LogP contribution in [0.25, 0.3) is 67.5 Å². The summed E-state index contributed by atoms with van der Waals surface area (Å²) in [5.41, 5.74) is 3.85. The Balaban J connectivity index is 0.00000578. The quantitative estimate of drug-likeness (QED) is 0.127. The molecule has 0 aliphatic heterocycles. The molecule has 0 aliphatic carbocycles. The molecule has 306 valence electrons. The third kappa shape index (κ3) is 8.26. The zero-order valence-corrected chi connectivity index (χ0v) is 38.2.